The molecule has 0 saturated carbocycles. The summed E-state index contributed by atoms with van der Waals surface area (Å²) >= 11 is 0. The molecule has 0 aliphatic heterocycles. The molecule has 1 nitrogen and oxygen atoms in total. The van der Waals surface area contributed by atoms with E-state index in [1.54, 1.807) is 0 Å². The van der Waals surface area contributed by atoms with E-state index < -0.39 is 0 Å². The summed E-state index contributed by atoms with van der Waals surface area (Å²) in [4.78, 5) is 0. The lowest BCUT2D eigenvalue weighted by molar-refractivity contribution is 0.424. The molecule has 0 heterocycles. The lowest BCUT2D eigenvalue weighted by Gasteiger charge is -2.23. The zero-order valence-corrected chi connectivity index (χ0v) is 14.3. The number of nitrogens with one attached hydrogen (secondary N) is 1. The standard InChI is InChI=1S/C19H33N/c1-7-8-9-18(20-15(2)3)14-16-10-12-17(13-11-16)19(4,5)6/h10-13,15,18,20H,7-9,14H2,1-6H3. The molecule has 0 aliphatic carbocycles. The first-order valence-electron chi connectivity index (χ1n) is 8.18. The van der Waals surface area contributed by atoms with Gasteiger partial charge in [-0.25, -0.2) is 0 Å². The Kier molecular flexibility index (Phi) is 6.75. The molecule has 0 radical (unpaired) electrons. The van der Waals surface area contributed by atoms with Gasteiger partial charge in [0, 0.05) is 12.1 Å². The number of hydrogen-bond donors (Lipinski definition) is 1. The molecule has 0 amide bonds. The number of rotatable bonds is 7. The minimum atomic E-state index is 0.246. The van der Waals surface area contributed by atoms with Gasteiger partial charge in [-0.15, -0.1) is 0 Å². The fraction of sp³-hybridized carbons (Fsp3) is 0.684. The minimum absolute atomic E-state index is 0.246. The number of benzene rings is 1. The average Bonchev–Trinajstić information content (AvgIpc) is 2.35. The van der Waals surface area contributed by atoms with Crippen LogP contribution < -0.4 is 5.32 Å². The van der Waals surface area contributed by atoms with Crippen molar-refractivity contribution in [3.63, 3.8) is 0 Å². The fourth-order valence-electron chi connectivity index (χ4n) is 2.59. The zero-order valence-electron chi connectivity index (χ0n) is 14.3. The van der Waals surface area contributed by atoms with E-state index in [9.17, 15) is 0 Å². The summed E-state index contributed by atoms with van der Waals surface area (Å²) in [5.41, 5.74) is 3.12. The number of unbranched alkanes of at least 4 members (excludes halogenated alkanes) is 1. The van der Waals surface area contributed by atoms with Gasteiger partial charge in [-0.3, -0.25) is 0 Å². The Balaban J connectivity index is 2.68. The second-order valence-corrected chi connectivity index (χ2v) is 7.31. The molecule has 0 bridgehead atoms. The van der Waals surface area contributed by atoms with E-state index in [1.807, 2.05) is 0 Å². The molecule has 0 spiro atoms. The second kappa shape index (κ2) is 7.83. The van der Waals surface area contributed by atoms with Crippen molar-refractivity contribution in [3.05, 3.63) is 35.4 Å². The molecule has 1 unspecified atom stereocenters. The van der Waals surface area contributed by atoms with Crippen LogP contribution >= 0.6 is 0 Å². The third kappa shape index (κ3) is 6.09. The maximum Gasteiger partial charge on any atom is 0.0110 e. The van der Waals surface area contributed by atoms with Crippen molar-refractivity contribution < 1.29 is 0 Å². The summed E-state index contributed by atoms with van der Waals surface area (Å²) in [5, 5.41) is 3.71. The normalized spacial score (nSPS) is 13.8. The maximum atomic E-state index is 3.71. The van der Waals surface area contributed by atoms with Crippen molar-refractivity contribution in [2.75, 3.05) is 0 Å². The van der Waals surface area contributed by atoms with Crippen molar-refractivity contribution in [1.82, 2.24) is 5.32 Å². The Hall–Kier alpha value is -0.820. The summed E-state index contributed by atoms with van der Waals surface area (Å²) in [6.45, 7) is 13.6. The van der Waals surface area contributed by atoms with Gasteiger partial charge in [0.25, 0.3) is 0 Å². The highest BCUT2D eigenvalue weighted by molar-refractivity contribution is 5.28. The van der Waals surface area contributed by atoms with Gasteiger partial charge in [0.1, 0.15) is 0 Å². The topological polar surface area (TPSA) is 12.0 Å². The first-order valence-corrected chi connectivity index (χ1v) is 8.18. The molecule has 1 atom stereocenters. The molecule has 0 aromatic heterocycles. The second-order valence-electron chi connectivity index (χ2n) is 7.31. The van der Waals surface area contributed by atoms with Crippen LogP contribution in [0.2, 0.25) is 0 Å². The van der Waals surface area contributed by atoms with Gasteiger partial charge in [-0.1, -0.05) is 78.6 Å². The summed E-state index contributed by atoms with van der Waals surface area (Å²) in [6.07, 6.45) is 5.00. The third-order valence-corrected chi connectivity index (χ3v) is 3.78. The molecule has 0 aliphatic rings. The SMILES string of the molecule is CCCCC(Cc1ccc(C(C)(C)C)cc1)NC(C)C. The molecule has 20 heavy (non-hydrogen) atoms. The van der Waals surface area contributed by atoms with E-state index in [0.717, 1.165) is 6.42 Å². The quantitative estimate of drug-likeness (QED) is 0.731. The minimum Gasteiger partial charge on any atom is -0.311 e. The number of hydrogen-bond acceptors (Lipinski definition) is 1. The van der Waals surface area contributed by atoms with E-state index in [-0.39, 0.29) is 5.41 Å². The van der Waals surface area contributed by atoms with Crippen molar-refractivity contribution in [2.45, 2.75) is 84.7 Å². The molecule has 1 rings (SSSR count). The van der Waals surface area contributed by atoms with Gasteiger partial charge < -0.3 is 5.32 Å². The van der Waals surface area contributed by atoms with Crippen molar-refractivity contribution in [2.24, 2.45) is 0 Å². The first-order chi connectivity index (χ1) is 9.32. The summed E-state index contributed by atoms with van der Waals surface area (Å²) in [6, 6.07) is 10.4. The van der Waals surface area contributed by atoms with E-state index >= 15 is 0 Å². The summed E-state index contributed by atoms with van der Waals surface area (Å²) in [7, 11) is 0. The van der Waals surface area contributed by atoms with Crippen LogP contribution in [-0.4, -0.2) is 12.1 Å². The van der Waals surface area contributed by atoms with E-state index in [0.29, 0.717) is 12.1 Å². The van der Waals surface area contributed by atoms with Gasteiger partial charge in [0.15, 0.2) is 0 Å². The Morgan fingerprint density at radius 1 is 1.05 bits per heavy atom. The largest absolute Gasteiger partial charge is 0.311 e. The van der Waals surface area contributed by atoms with E-state index in [4.69, 9.17) is 0 Å². The first kappa shape index (κ1) is 17.2. The molecular weight excluding hydrogens is 242 g/mol. The predicted molar refractivity (Wildman–Crippen MR) is 90.4 cm³/mol. The van der Waals surface area contributed by atoms with Crippen LogP contribution in [0.3, 0.4) is 0 Å². The predicted octanol–water partition coefficient (Wildman–Crippen LogP) is 5.08. The van der Waals surface area contributed by atoms with Crippen LogP contribution in [-0.2, 0) is 11.8 Å². The van der Waals surface area contributed by atoms with Gasteiger partial charge in [0.2, 0.25) is 0 Å². The Morgan fingerprint density at radius 3 is 2.10 bits per heavy atom. The fourth-order valence-corrected chi connectivity index (χ4v) is 2.59. The highest BCUT2D eigenvalue weighted by atomic mass is 14.9. The molecule has 1 N–H and O–H groups in total. The Labute approximate surface area is 126 Å². The van der Waals surface area contributed by atoms with Gasteiger partial charge in [-0.05, 0) is 29.4 Å². The van der Waals surface area contributed by atoms with Crippen LogP contribution in [0.5, 0.6) is 0 Å². The smallest absolute Gasteiger partial charge is 0.0110 e. The molecule has 0 fully saturated rings. The lowest BCUT2D eigenvalue weighted by atomic mass is 9.86. The van der Waals surface area contributed by atoms with Crippen LogP contribution in [0.1, 0.15) is 71.9 Å². The Morgan fingerprint density at radius 2 is 1.65 bits per heavy atom. The Bertz CT molecular complexity index is 370. The summed E-state index contributed by atoms with van der Waals surface area (Å²) in [5.74, 6) is 0. The molecule has 1 aromatic carbocycles. The highest BCUT2D eigenvalue weighted by Crippen LogP contribution is 2.22. The molecular formula is C19H33N. The molecule has 0 saturated heterocycles. The van der Waals surface area contributed by atoms with Crippen molar-refractivity contribution >= 4 is 0 Å². The van der Waals surface area contributed by atoms with Crippen molar-refractivity contribution in [3.8, 4) is 0 Å². The molecule has 1 aromatic rings. The van der Waals surface area contributed by atoms with Crippen LogP contribution in [0.25, 0.3) is 0 Å². The van der Waals surface area contributed by atoms with E-state index in [1.165, 1.54) is 30.4 Å². The average molecular weight is 275 g/mol. The molecule has 1 heteroatoms. The monoisotopic (exact) mass is 275 g/mol. The van der Waals surface area contributed by atoms with E-state index in [2.05, 4.69) is 71.1 Å². The lowest BCUT2D eigenvalue weighted by Crippen LogP contribution is -2.36. The van der Waals surface area contributed by atoms with Crippen LogP contribution in [0.15, 0.2) is 24.3 Å². The van der Waals surface area contributed by atoms with Gasteiger partial charge in [-0.2, -0.15) is 0 Å². The highest BCUT2D eigenvalue weighted by Gasteiger charge is 2.14. The van der Waals surface area contributed by atoms with Crippen LogP contribution in [0, 0.1) is 0 Å². The summed E-state index contributed by atoms with van der Waals surface area (Å²) < 4.78 is 0. The van der Waals surface area contributed by atoms with Gasteiger partial charge >= 0.3 is 0 Å². The molecule has 114 valence electrons. The van der Waals surface area contributed by atoms with Crippen molar-refractivity contribution in [1.29, 1.82) is 0 Å². The van der Waals surface area contributed by atoms with Gasteiger partial charge in [0.05, 0.1) is 0 Å². The van der Waals surface area contributed by atoms with Crippen LogP contribution in [0.4, 0.5) is 0 Å². The maximum absolute atomic E-state index is 3.71. The third-order valence-electron chi connectivity index (χ3n) is 3.78. The zero-order chi connectivity index (χ0) is 15.2.